The van der Waals surface area contributed by atoms with E-state index in [1.165, 1.54) is 12.1 Å². The number of hydrogen-bond donors (Lipinski definition) is 3. The van der Waals surface area contributed by atoms with Crippen LogP contribution in [0.4, 0.5) is 11.4 Å². The van der Waals surface area contributed by atoms with E-state index in [4.69, 9.17) is 5.21 Å². The first-order chi connectivity index (χ1) is 10.5. The third-order valence-electron chi connectivity index (χ3n) is 3.14. The molecule has 0 saturated carbocycles. The third-order valence-corrected chi connectivity index (χ3v) is 3.14. The molecule has 0 spiro atoms. The van der Waals surface area contributed by atoms with Gasteiger partial charge in [0.25, 0.3) is 11.8 Å². The molecule has 2 amide bonds. The van der Waals surface area contributed by atoms with Crippen molar-refractivity contribution in [2.24, 2.45) is 0 Å². The summed E-state index contributed by atoms with van der Waals surface area (Å²) >= 11 is 0. The molecule has 0 atom stereocenters. The predicted molar refractivity (Wildman–Crippen MR) is 84.4 cm³/mol. The maximum Gasteiger partial charge on any atom is 0.274 e. The Morgan fingerprint density at radius 1 is 0.955 bits per heavy atom. The van der Waals surface area contributed by atoms with Crippen LogP contribution in [0, 0.1) is 0 Å². The fourth-order valence-corrected chi connectivity index (χ4v) is 2.02. The number of anilines is 2. The summed E-state index contributed by atoms with van der Waals surface area (Å²) in [5.41, 5.74) is 3.79. The molecule has 0 radical (unpaired) electrons. The van der Waals surface area contributed by atoms with Gasteiger partial charge in [0.2, 0.25) is 0 Å². The summed E-state index contributed by atoms with van der Waals surface area (Å²) in [6.07, 6.45) is 0. The maximum absolute atomic E-state index is 12.4. The molecule has 0 unspecified atom stereocenters. The summed E-state index contributed by atoms with van der Waals surface area (Å²) in [5, 5.41) is 11.3. The Morgan fingerprint density at radius 3 is 2.18 bits per heavy atom. The van der Waals surface area contributed by atoms with Crippen LogP contribution in [-0.4, -0.2) is 31.1 Å². The van der Waals surface area contributed by atoms with Gasteiger partial charge in [-0.25, -0.2) is 5.48 Å². The van der Waals surface area contributed by atoms with E-state index in [1.807, 2.05) is 31.1 Å². The highest BCUT2D eigenvalue weighted by atomic mass is 16.5. The first kappa shape index (κ1) is 15.5. The highest BCUT2D eigenvalue weighted by molar-refractivity contribution is 6.08. The van der Waals surface area contributed by atoms with Crippen LogP contribution in [-0.2, 0) is 0 Å². The van der Waals surface area contributed by atoms with Crippen molar-refractivity contribution in [3.05, 3.63) is 59.7 Å². The second-order valence-corrected chi connectivity index (χ2v) is 4.88. The van der Waals surface area contributed by atoms with Crippen LogP contribution in [0.2, 0.25) is 0 Å². The Kier molecular flexibility index (Phi) is 4.75. The van der Waals surface area contributed by atoms with Crippen molar-refractivity contribution >= 4 is 23.2 Å². The summed E-state index contributed by atoms with van der Waals surface area (Å²) < 4.78 is 0. The van der Waals surface area contributed by atoms with Crippen LogP contribution in [0.15, 0.2) is 48.5 Å². The molecule has 2 aromatic carbocycles. The van der Waals surface area contributed by atoms with Gasteiger partial charge in [0.15, 0.2) is 0 Å². The standard InChI is InChI=1S/C16H17N3O3/c1-19(2)14-6-4-3-5-13(14)16(21)17-12-9-7-11(8-10-12)15(20)18-22/h3-10,22H,1-2H3,(H,17,21)(H,18,20). The molecule has 114 valence electrons. The van der Waals surface area contributed by atoms with E-state index >= 15 is 0 Å². The van der Waals surface area contributed by atoms with Gasteiger partial charge >= 0.3 is 0 Å². The van der Waals surface area contributed by atoms with Gasteiger partial charge in [-0.1, -0.05) is 12.1 Å². The fourth-order valence-electron chi connectivity index (χ4n) is 2.02. The molecule has 22 heavy (non-hydrogen) atoms. The first-order valence-electron chi connectivity index (χ1n) is 6.65. The highest BCUT2D eigenvalue weighted by Crippen LogP contribution is 2.19. The summed E-state index contributed by atoms with van der Waals surface area (Å²) in [5.74, 6) is -0.834. The summed E-state index contributed by atoms with van der Waals surface area (Å²) in [4.78, 5) is 25.5. The zero-order chi connectivity index (χ0) is 16.1. The van der Waals surface area contributed by atoms with Crippen LogP contribution in [0.25, 0.3) is 0 Å². The molecular formula is C16H17N3O3. The molecule has 0 aliphatic heterocycles. The molecular weight excluding hydrogens is 282 g/mol. The highest BCUT2D eigenvalue weighted by Gasteiger charge is 2.12. The molecule has 0 saturated heterocycles. The smallest absolute Gasteiger partial charge is 0.274 e. The number of nitrogens with one attached hydrogen (secondary N) is 2. The number of amides is 2. The number of carbonyl (C=O) groups is 2. The van der Waals surface area contributed by atoms with Gasteiger partial charge in [-0.3, -0.25) is 14.8 Å². The van der Waals surface area contributed by atoms with Crippen LogP contribution >= 0.6 is 0 Å². The van der Waals surface area contributed by atoms with Crippen molar-refractivity contribution in [3.63, 3.8) is 0 Å². The minimum atomic E-state index is -0.601. The summed E-state index contributed by atoms with van der Waals surface area (Å²) in [6.45, 7) is 0. The van der Waals surface area contributed by atoms with Crippen molar-refractivity contribution < 1.29 is 14.8 Å². The SMILES string of the molecule is CN(C)c1ccccc1C(=O)Nc1ccc(C(=O)NO)cc1. The minimum absolute atomic E-state index is 0.233. The van der Waals surface area contributed by atoms with Crippen LogP contribution in [0.1, 0.15) is 20.7 Å². The Labute approximate surface area is 128 Å². The zero-order valence-corrected chi connectivity index (χ0v) is 12.3. The maximum atomic E-state index is 12.4. The number of carbonyl (C=O) groups excluding carboxylic acids is 2. The molecule has 6 heteroatoms. The van der Waals surface area contributed by atoms with Crippen molar-refractivity contribution in [1.29, 1.82) is 0 Å². The molecule has 0 aromatic heterocycles. The molecule has 0 bridgehead atoms. The second kappa shape index (κ2) is 6.73. The topological polar surface area (TPSA) is 81.7 Å². The van der Waals surface area contributed by atoms with E-state index in [0.29, 0.717) is 16.8 Å². The van der Waals surface area contributed by atoms with E-state index in [9.17, 15) is 9.59 Å². The van der Waals surface area contributed by atoms with Gasteiger partial charge in [-0.2, -0.15) is 0 Å². The van der Waals surface area contributed by atoms with Crippen molar-refractivity contribution in [1.82, 2.24) is 5.48 Å². The van der Waals surface area contributed by atoms with Crippen molar-refractivity contribution in [3.8, 4) is 0 Å². The predicted octanol–water partition coefficient (Wildman–Crippen LogP) is 2.12. The van der Waals surface area contributed by atoms with Crippen molar-refractivity contribution in [2.75, 3.05) is 24.3 Å². The molecule has 0 aliphatic rings. The Hall–Kier alpha value is -2.86. The van der Waals surface area contributed by atoms with E-state index in [2.05, 4.69) is 5.32 Å². The zero-order valence-electron chi connectivity index (χ0n) is 12.3. The van der Waals surface area contributed by atoms with Crippen molar-refractivity contribution in [2.45, 2.75) is 0 Å². The Bertz CT molecular complexity index is 681. The third kappa shape index (κ3) is 3.42. The van der Waals surface area contributed by atoms with E-state index in [1.54, 1.807) is 29.7 Å². The minimum Gasteiger partial charge on any atom is -0.377 e. The number of benzene rings is 2. The van der Waals surface area contributed by atoms with Gasteiger partial charge in [0.05, 0.1) is 5.56 Å². The van der Waals surface area contributed by atoms with Crippen LogP contribution < -0.4 is 15.7 Å². The Morgan fingerprint density at radius 2 is 1.59 bits per heavy atom. The largest absolute Gasteiger partial charge is 0.377 e. The molecule has 0 heterocycles. The normalized spacial score (nSPS) is 9.95. The average Bonchev–Trinajstić information content (AvgIpc) is 2.54. The molecule has 2 rings (SSSR count). The number of nitrogens with zero attached hydrogens (tertiary/aromatic N) is 1. The monoisotopic (exact) mass is 299 g/mol. The molecule has 0 fully saturated rings. The van der Waals surface area contributed by atoms with E-state index < -0.39 is 5.91 Å². The summed E-state index contributed by atoms with van der Waals surface area (Å²) in [7, 11) is 3.74. The van der Waals surface area contributed by atoms with Crippen LogP contribution in [0.3, 0.4) is 0 Å². The number of rotatable bonds is 4. The fraction of sp³-hybridized carbons (Fsp3) is 0.125. The van der Waals surface area contributed by atoms with E-state index in [0.717, 1.165) is 5.69 Å². The quantitative estimate of drug-likeness (QED) is 0.596. The number of hydroxylamine groups is 1. The molecule has 0 aliphatic carbocycles. The molecule has 6 nitrogen and oxygen atoms in total. The number of hydrogen-bond acceptors (Lipinski definition) is 4. The lowest BCUT2D eigenvalue weighted by molar-refractivity contribution is 0.0706. The number of para-hydroxylation sites is 1. The first-order valence-corrected chi connectivity index (χ1v) is 6.65. The van der Waals surface area contributed by atoms with Crippen LogP contribution in [0.5, 0.6) is 0 Å². The second-order valence-electron chi connectivity index (χ2n) is 4.88. The Balaban J connectivity index is 2.17. The average molecular weight is 299 g/mol. The van der Waals surface area contributed by atoms with Gasteiger partial charge in [0.1, 0.15) is 0 Å². The van der Waals surface area contributed by atoms with Gasteiger partial charge in [-0.15, -0.1) is 0 Å². The van der Waals surface area contributed by atoms with Gasteiger partial charge in [-0.05, 0) is 36.4 Å². The lowest BCUT2D eigenvalue weighted by Crippen LogP contribution is -2.19. The lowest BCUT2D eigenvalue weighted by Gasteiger charge is -2.17. The van der Waals surface area contributed by atoms with Gasteiger partial charge in [0, 0.05) is 31.0 Å². The summed E-state index contributed by atoms with van der Waals surface area (Å²) in [6, 6.07) is 13.5. The molecule has 3 N–H and O–H groups in total. The molecule has 2 aromatic rings. The van der Waals surface area contributed by atoms with Gasteiger partial charge < -0.3 is 10.2 Å². The van der Waals surface area contributed by atoms with E-state index in [-0.39, 0.29) is 5.91 Å². The lowest BCUT2D eigenvalue weighted by atomic mass is 10.1.